The molecule has 0 spiro atoms. The summed E-state index contributed by atoms with van der Waals surface area (Å²) in [5.74, 6) is 5.93. The molecule has 0 aliphatic rings. The molecule has 4 nitrogen and oxygen atoms in total. The molecule has 0 bridgehead atoms. The molecule has 0 fully saturated rings. The molecule has 1 aromatic carbocycles. The van der Waals surface area contributed by atoms with Gasteiger partial charge in [0, 0.05) is 18.0 Å². The second-order valence-corrected chi connectivity index (χ2v) is 4.50. The average Bonchev–Trinajstić information content (AvgIpc) is 2.49. The number of pyridine rings is 1. The summed E-state index contributed by atoms with van der Waals surface area (Å²) < 4.78 is 18.7. The fourth-order valence-corrected chi connectivity index (χ4v) is 2.17. The molecule has 0 aliphatic carbocycles. The number of methoxy groups -OCH3 is 1. The van der Waals surface area contributed by atoms with Gasteiger partial charge in [0.2, 0.25) is 0 Å². The number of halogens is 1. The highest BCUT2D eigenvalue weighted by Crippen LogP contribution is 2.28. The Labute approximate surface area is 117 Å². The summed E-state index contributed by atoms with van der Waals surface area (Å²) in [6, 6.07) is 8.18. The van der Waals surface area contributed by atoms with Crippen molar-refractivity contribution in [3.8, 4) is 5.75 Å². The summed E-state index contributed by atoms with van der Waals surface area (Å²) in [5.41, 5.74) is 4.62. The third-order valence-electron chi connectivity index (χ3n) is 3.24. The Hall–Kier alpha value is -1.98. The van der Waals surface area contributed by atoms with Gasteiger partial charge in [0.1, 0.15) is 11.6 Å². The lowest BCUT2D eigenvalue weighted by Gasteiger charge is -2.19. The monoisotopic (exact) mass is 275 g/mol. The van der Waals surface area contributed by atoms with E-state index in [1.807, 2.05) is 12.1 Å². The van der Waals surface area contributed by atoms with Crippen LogP contribution in [0, 0.1) is 5.82 Å². The lowest BCUT2D eigenvalue weighted by molar-refractivity contribution is 0.394. The fourth-order valence-electron chi connectivity index (χ4n) is 2.17. The van der Waals surface area contributed by atoms with Crippen molar-refractivity contribution in [1.82, 2.24) is 10.4 Å². The maximum absolute atomic E-state index is 13.4. The average molecular weight is 275 g/mol. The van der Waals surface area contributed by atoms with Crippen molar-refractivity contribution in [2.45, 2.75) is 18.9 Å². The van der Waals surface area contributed by atoms with E-state index in [-0.39, 0.29) is 11.9 Å². The number of ether oxygens (including phenoxy) is 1. The van der Waals surface area contributed by atoms with E-state index in [1.54, 1.807) is 25.6 Å². The number of aromatic nitrogens is 1. The molecule has 5 heteroatoms. The van der Waals surface area contributed by atoms with Crippen LogP contribution in [0.1, 0.15) is 23.6 Å². The van der Waals surface area contributed by atoms with E-state index in [4.69, 9.17) is 10.6 Å². The second kappa shape index (κ2) is 6.98. The van der Waals surface area contributed by atoms with Crippen LogP contribution in [0.5, 0.6) is 5.75 Å². The molecule has 0 saturated heterocycles. The van der Waals surface area contributed by atoms with Crippen molar-refractivity contribution in [2.24, 2.45) is 5.84 Å². The zero-order valence-electron chi connectivity index (χ0n) is 11.3. The number of hydrogen-bond acceptors (Lipinski definition) is 4. The molecule has 1 unspecified atom stereocenters. The zero-order chi connectivity index (χ0) is 14.4. The Kier molecular flexibility index (Phi) is 5.03. The predicted molar refractivity (Wildman–Crippen MR) is 75.6 cm³/mol. The molecule has 0 radical (unpaired) electrons. The summed E-state index contributed by atoms with van der Waals surface area (Å²) in [4.78, 5) is 3.98. The van der Waals surface area contributed by atoms with Gasteiger partial charge in [-0.1, -0.05) is 0 Å². The standard InChI is InChI=1S/C15H18FN3O/c1-20-15-5-3-12(16)10-13(15)14(19-17)4-2-11-6-8-18-9-7-11/h3,5-10,14,19H,2,4,17H2,1H3. The SMILES string of the molecule is COc1ccc(F)cc1C(CCc1ccncc1)NN. The van der Waals surface area contributed by atoms with E-state index in [9.17, 15) is 4.39 Å². The first-order valence-electron chi connectivity index (χ1n) is 6.43. The van der Waals surface area contributed by atoms with Crippen molar-refractivity contribution < 1.29 is 9.13 Å². The summed E-state index contributed by atoms with van der Waals surface area (Å²) in [7, 11) is 1.56. The van der Waals surface area contributed by atoms with Gasteiger partial charge < -0.3 is 4.74 Å². The van der Waals surface area contributed by atoms with Gasteiger partial charge in [0.25, 0.3) is 0 Å². The molecular weight excluding hydrogens is 257 g/mol. The number of nitrogens with zero attached hydrogens (tertiary/aromatic N) is 1. The van der Waals surface area contributed by atoms with E-state index in [0.717, 1.165) is 24.0 Å². The van der Waals surface area contributed by atoms with Crippen LogP contribution in [-0.4, -0.2) is 12.1 Å². The van der Waals surface area contributed by atoms with Gasteiger partial charge in [-0.3, -0.25) is 16.3 Å². The number of nitrogens with two attached hydrogens (primary N) is 1. The van der Waals surface area contributed by atoms with Crippen LogP contribution in [0.2, 0.25) is 0 Å². The Balaban J connectivity index is 2.14. The van der Waals surface area contributed by atoms with E-state index < -0.39 is 0 Å². The van der Waals surface area contributed by atoms with Crippen molar-refractivity contribution in [3.63, 3.8) is 0 Å². The van der Waals surface area contributed by atoms with Gasteiger partial charge in [-0.05, 0) is 48.7 Å². The van der Waals surface area contributed by atoms with E-state index in [2.05, 4.69) is 10.4 Å². The third-order valence-corrected chi connectivity index (χ3v) is 3.24. The molecule has 1 aromatic heterocycles. The Morgan fingerprint density at radius 2 is 2.05 bits per heavy atom. The Morgan fingerprint density at radius 1 is 1.30 bits per heavy atom. The predicted octanol–water partition coefficient (Wildman–Crippen LogP) is 2.37. The Bertz CT molecular complexity index is 548. The van der Waals surface area contributed by atoms with Gasteiger partial charge in [-0.25, -0.2) is 4.39 Å². The maximum atomic E-state index is 13.4. The van der Waals surface area contributed by atoms with Gasteiger partial charge in [0.15, 0.2) is 0 Å². The molecule has 0 aliphatic heterocycles. The van der Waals surface area contributed by atoms with Crippen LogP contribution in [0.15, 0.2) is 42.7 Å². The lowest BCUT2D eigenvalue weighted by Crippen LogP contribution is -2.28. The largest absolute Gasteiger partial charge is 0.496 e. The zero-order valence-corrected chi connectivity index (χ0v) is 11.3. The van der Waals surface area contributed by atoms with E-state index in [0.29, 0.717) is 5.75 Å². The number of benzene rings is 1. The third kappa shape index (κ3) is 3.53. The minimum atomic E-state index is -0.301. The van der Waals surface area contributed by atoms with Gasteiger partial charge in [0.05, 0.1) is 13.2 Å². The molecule has 1 atom stereocenters. The van der Waals surface area contributed by atoms with Crippen molar-refractivity contribution in [3.05, 3.63) is 59.7 Å². The first kappa shape index (κ1) is 14.4. The lowest BCUT2D eigenvalue weighted by atomic mass is 9.99. The van der Waals surface area contributed by atoms with Crippen LogP contribution in [0.25, 0.3) is 0 Å². The molecule has 1 heterocycles. The first-order valence-corrected chi connectivity index (χ1v) is 6.43. The van der Waals surface area contributed by atoms with Gasteiger partial charge in [-0.15, -0.1) is 0 Å². The summed E-state index contributed by atoms with van der Waals surface area (Å²) >= 11 is 0. The first-order chi connectivity index (χ1) is 9.74. The van der Waals surface area contributed by atoms with Gasteiger partial charge >= 0.3 is 0 Å². The molecular formula is C15H18FN3O. The highest BCUT2D eigenvalue weighted by molar-refractivity contribution is 5.36. The Morgan fingerprint density at radius 3 is 2.70 bits per heavy atom. The highest BCUT2D eigenvalue weighted by atomic mass is 19.1. The maximum Gasteiger partial charge on any atom is 0.123 e. The smallest absolute Gasteiger partial charge is 0.123 e. The summed E-state index contributed by atoms with van der Waals surface area (Å²) in [5, 5.41) is 0. The normalized spacial score (nSPS) is 12.2. The van der Waals surface area contributed by atoms with Crippen LogP contribution >= 0.6 is 0 Å². The summed E-state index contributed by atoms with van der Waals surface area (Å²) in [6.07, 6.45) is 5.06. The minimum absolute atomic E-state index is 0.172. The fraction of sp³-hybridized carbons (Fsp3) is 0.267. The number of aryl methyl sites for hydroxylation is 1. The minimum Gasteiger partial charge on any atom is -0.496 e. The van der Waals surface area contributed by atoms with E-state index in [1.165, 1.54) is 12.1 Å². The molecule has 0 saturated carbocycles. The molecule has 20 heavy (non-hydrogen) atoms. The topological polar surface area (TPSA) is 60.2 Å². The number of rotatable bonds is 6. The molecule has 106 valence electrons. The molecule has 2 rings (SSSR count). The number of hydrazine groups is 1. The van der Waals surface area contributed by atoms with Crippen LogP contribution in [0.4, 0.5) is 4.39 Å². The van der Waals surface area contributed by atoms with Crippen molar-refractivity contribution in [2.75, 3.05) is 7.11 Å². The van der Waals surface area contributed by atoms with Gasteiger partial charge in [-0.2, -0.15) is 0 Å². The summed E-state index contributed by atoms with van der Waals surface area (Å²) in [6.45, 7) is 0. The quantitative estimate of drug-likeness (QED) is 0.627. The molecule has 2 aromatic rings. The van der Waals surface area contributed by atoms with Crippen LogP contribution in [-0.2, 0) is 6.42 Å². The number of hydrogen-bond donors (Lipinski definition) is 2. The molecule has 3 N–H and O–H groups in total. The number of nitrogens with one attached hydrogen (secondary N) is 1. The van der Waals surface area contributed by atoms with Crippen LogP contribution < -0.4 is 16.0 Å². The molecule has 0 amide bonds. The highest BCUT2D eigenvalue weighted by Gasteiger charge is 2.15. The second-order valence-electron chi connectivity index (χ2n) is 4.50. The van der Waals surface area contributed by atoms with Crippen molar-refractivity contribution in [1.29, 1.82) is 0 Å². The van der Waals surface area contributed by atoms with Crippen molar-refractivity contribution >= 4 is 0 Å². The van der Waals surface area contributed by atoms with E-state index >= 15 is 0 Å². The van der Waals surface area contributed by atoms with Crippen LogP contribution in [0.3, 0.4) is 0 Å².